The van der Waals surface area contributed by atoms with Crippen LogP contribution in [-0.4, -0.2) is 18.9 Å². The average molecular weight is 332 g/mol. The Morgan fingerprint density at radius 3 is 1.60 bits per heavy atom. The third-order valence-corrected chi connectivity index (χ3v) is 4.40. The van der Waals surface area contributed by atoms with Gasteiger partial charge >= 0.3 is 0 Å². The summed E-state index contributed by atoms with van der Waals surface area (Å²) < 4.78 is 5.15. The minimum Gasteiger partial charge on any atom is -0.497 e. The topological polar surface area (TPSA) is 67.4 Å². The lowest BCUT2D eigenvalue weighted by atomic mass is 10.0. The number of ether oxygens (including phenoxy) is 1. The quantitative estimate of drug-likeness (QED) is 0.907. The van der Waals surface area contributed by atoms with Gasteiger partial charge in [-0.15, -0.1) is 0 Å². The van der Waals surface area contributed by atoms with E-state index in [1.54, 1.807) is 19.2 Å². The summed E-state index contributed by atoms with van der Waals surface area (Å²) in [5, 5.41) is 5.67. The van der Waals surface area contributed by atoms with E-state index in [1.165, 1.54) is 0 Å². The normalized spacial score (nSPS) is 16.1. The van der Waals surface area contributed by atoms with E-state index >= 15 is 0 Å². The molecule has 2 N–H and O–H groups in total. The van der Waals surface area contributed by atoms with E-state index in [0.717, 1.165) is 16.7 Å². The highest BCUT2D eigenvalue weighted by Crippen LogP contribution is 2.37. The van der Waals surface area contributed by atoms with Crippen molar-refractivity contribution >= 4 is 23.2 Å². The minimum absolute atomic E-state index is 0.269. The highest BCUT2D eigenvalue weighted by molar-refractivity contribution is 6.30. The minimum atomic E-state index is -0.269. The van der Waals surface area contributed by atoms with Gasteiger partial charge in [0.25, 0.3) is 11.8 Å². The molecule has 2 aromatic carbocycles. The van der Waals surface area contributed by atoms with E-state index in [-0.39, 0.29) is 11.8 Å². The van der Waals surface area contributed by atoms with Gasteiger partial charge in [0.05, 0.1) is 29.7 Å². The molecule has 2 aliphatic heterocycles. The Kier molecular flexibility index (Phi) is 3.42. The van der Waals surface area contributed by atoms with Crippen LogP contribution in [0, 0.1) is 6.92 Å². The third-order valence-electron chi connectivity index (χ3n) is 4.40. The van der Waals surface area contributed by atoms with Crippen molar-refractivity contribution in [1.29, 1.82) is 0 Å². The van der Waals surface area contributed by atoms with Gasteiger partial charge in [0.1, 0.15) is 5.75 Å². The van der Waals surface area contributed by atoms with Crippen molar-refractivity contribution < 1.29 is 14.3 Å². The zero-order valence-electron chi connectivity index (χ0n) is 13.8. The van der Waals surface area contributed by atoms with Crippen molar-refractivity contribution in [2.24, 2.45) is 0 Å². The second kappa shape index (κ2) is 5.63. The van der Waals surface area contributed by atoms with Crippen LogP contribution < -0.4 is 15.4 Å². The Morgan fingerprint density at radius 1 is 0.720 bits per heavy atom. The number of benzene rings is 2. The predicted molar refractivity (Wildman–Crippen MR) is 94.3 cm³/mol. The monoisotopic (exact) mass is 332 g/mol. The Labute approximate surface area is 145 Å². The van der Waals surface area contributed by atoms with Gasteiger partial charge in [0, 0.05) is 0 Å². The molecule has 0 fully saturated rings. The van der Waals surface area contributed by atoms with Crippen molar-refractivity contribution in [3.63, 3.8) is 0 Å². The molecule has 0 bridgehead atoms. The molecule has 0 atom stereocenters. The molecule has 5 heteroatoms. The van der Waals surface area contributed by atoms with Crippen LogP contribution in [0.15, 0.2) is 59.7 Å². The van der Waals surface area contributed by atoms with Gasteiger partial charge in [0.15, 0.2) is 0 Å². The first-order valence-electron chi connectivity index (χ1n) is 7.91. The molecule has 0 unspecified atom stereocenters. The van der Waals surface area contributed by atoms with E-state index in [0.29, 0.717) is 28.3 Å². The molecular weight excluding hydrogens is 316 g/mol. The summed E-state index contributed by atoms with van der Waals surface area (Å²) in [6, 6.07) is 14.9. The first-order valence-corrected chi connectivity index (χ1v) is 7.91. The molecule has 4 rings (SSSR count). The summed E-state index contributed by atoms with van der Waals surface area (Å²) in [6.07, 6.45) is 0. The summed E-state index contributed by atoms with van der Waals surface area (Å²) in [7, 11) is 1.59. The van der Waals surface area contributed by atoms with Crippen molar-refractivity contribution in [3.8, 4) is 5.75 Å². The molecule has 2 heterocycles. The van der Waals surface area contributed by atoms with Gasteiger partial charge in [-0.25, -0.2) is 0 Å². The maximum atomic E-state index is 12.5. The molecule has 0 aromatic heterocycles. The number of methoxy groups -OCH3 is 1. The Hall–Kier alpha value is -3.34. The predicted octanol–water partition coefficient (Wildman–Crippen LogP) is 2.39. The van der Waals surface area contributed by atoms with Gasteiger partial charge in [-0.05, 0) is 42.3 Å². The number of nitrogens with one attached hydrogen (secondary N) is 2. The van der Waals surface area contributed by atoms with Crippen molar-refractivity contribution in [2.45, 2.75) is 6.92 Å². The first-order chi connectivity index (χ1) is 12.1. The number of rotatable bonds is 3. The molecule has 0 radical (unpaired) electrons. The molecule has 2 aliphatic rings. The molecule has 0 spiro atoms. The number of carbonyl (C=O) groups is 2. The third kappa shape index (κ3) is 2.41. The molecule has 0 aliphatic carbocycles. The maximum absolute atomic E-state index is 12.5. The molecule has 0 saturated heterocycles. The van der Waals surface area contributed by atoms with Crippen molar-refractivity contribution in [3.05, 3.63) is 76.4 Å². The van der Waals surface area contributed by atoms with Crippen molar-refractivity contribution in [1.82, 2.24) is 10.6 Å². The van der Waals surface area contributed by atoms with Crippen LogP contribution in [0.5, 0.6) is 5.75 Å². The van der Waals surface area contributed by atoms with Crippen LogP contribution in [0.3, 0.4) is 0 Å². The number of carbonyl (C=O) groups excluding carboxylic acids is 2. The van der Waals surface area contributed by atoms with Crippen LogP contribution in [0.25, 0.3) is 11.4 Å². The van der Waals surface area contributed by atoms with Crippen LogP contribution in [0.4, 0.5) is 0 Å². The van der Waals surface area contributed by atoms with Crippen LogP contribution in [-0.2, 0) is 9.59 Å². The van der Waals surface area contributed by atoms with E-state index in [2.05, 4.69) is 10.6 Å². The Balaban J connectivity index is 1.84. The van der Waals surface area contributed by atoms with Gasteiger partial charge in [-0.3, -0.25) is 9.59 Å². The number of aryl methyl sites for hydroxylation is 1. The van der Waals surface area contributed by atoms with Crippen LogP contribution >= 0.6 is 0 Å². The number of fused-ring (bicyclic) bond motifs is 1. The van der Waals surface area contributed by atoms with E-state index in [9.17, 15) is 9.59 Å². The smallest absolute Gasteiger partial charge is 0.258 e. The lowest BCUT2D eigenvalue weighted by Gasteiger charge is -2.08. The largest absolute Gasteiger partial charge is 0.497 e. The zero-order chi connectivity index (χ0) is 17.6. The lowest BCUT2D eigenvalue weighted by molar-refractivity contribution is -0.117. The fourth-order valence-corrected chi connectivity index (χ4v) is 3.09. The maximum Gasteiger partial charge on any atom is 0.258 e. The summed E-state index contributed by atoms with van der Waals surface area (Å²) in [5.41, 5.74) is 4.58. The molecule has 0 saturated carbocycles. The Morgan fingerprint density at radius 2 is 1.16 bits per heavy atom. The number of amides is 2. The average Bonchev–Trinajstić information content (AvgIpc) is 3.15. The highest BCUT2D eigenvalue weighted by Gasteiger charge is 2.40. The summed E-state index contributed by atoms with van der Waals surface area (Å²) >= 11 is 0. The van der Waals surface area contributed by atoms with E-state index in [4.69, 9.17) is 4.74 Å². The van der Waals surface area contributed by atoms with Gasteiger partial charge in [0.2, 0.25) is 0 Å². The van der Waals surface area contributed by atoms with Crippen LogP contribution in [0.2, 0.25) is 0 Å². The van der Waals surface area contributed by atoms with Gasteiger partial charge < -0.3 is 15.4 Å². The van der Waals surface area contributed by atoms with Crippen LogP contribution in [0.1, 0.15) is 16.7 Å². The molecule has 2 amide bonds. The van der Waals surface area contributed by atoms with Gasteiger partial charge in [-0.1, -0.05) is 29.8 Å². The first kappa shape index (κ1) is 15.2. The number of hydrogen-bond donors (Lipinski definition) is 2. The second-order valence-electron chi connectivity index (χ2n) is 6.00. The van der Waals surface area contributed by atoms with Gasteiger partial charge in [-0.2, -0.15) is 0 Å². The SMILES string of the molecule is COc1ccc(C2=C3C(=O)NC(c4ccc(C)cc4)=C3C(=O)N2)cc1. The lowest BCUT2D eigenvalue weighted by Crippen LogP contribution is -2.21. The Bertz CT molecular complexity index is 951. The fraction of sp³-hybridized carbons (Fsp3) is 0.100. The number of hydrogen-bond acceptors (Lipinski definition) is 3. The summed E-state index contributed by atoms with van der Waals surface area (Å²) in [4.78, 5) is 25.1. The standard InChI is InChI=1S/C20H16N2O3/c1-11-3-5-12(6-4-11)17-15-16(20(24)21-17)18(22-19(15)23)13-7-9-14(25-2)10-8-13/h3-10H,1-2H3,(H,21,24)(H,22,23). The summed E-state index contributed by atoms with van der Waals surface area (Å²) in [6.45, 7) is 1.99. The molecule has 25 heavy (non-hydrogen) atoms. The fourth-order valence-electron chi connectivity index (χ4n) is 3.09. The van der Waals surface area contributed by atoms with E-state index in [1.807, 2.05) is 43.3 Å². The van der Waals surface area contributed by atoms with E-state index < -0.39 is 0 Å². The summed E-state index contributed by atoms with van der Waals surface area (Å²) in [5.74, 6) is 0.176. The molecule has 2 aromatic rings. The molecular formula is C20H16N2O3. The second-order valence-corrected chi connectivity index (χ2v) is 6.00. The van der Waals surface area contributed by atoms with Crippen molar-refractivity contribution in [2.75, 3.05) is 7.11 Å². The molecule has 124 valence electrons. The molecule has 5 nitrogen and oxygen atoms in total. The zero-order valence-corrected chi connectivity index (χ0v) is 13.8. The highest BCUT2D eigenvalue weighted by atomic mass is 16.5.